The van der Waals surface area contributed by atoms with Crippen LogP contribution in [0.4, 0.5) is 0 Å². The first-order valence-corrected chi connectivity index (χ1v) is 10.3. The average molecular weight is 406 g/mol. The lowest BCUT2D eigenvalue weighted by molar-refractivity contribution is -0.130. The van der Waals surface area contributed by atoms with Gasteiger partial charge in [-0.25, -0.2) is 0 Å². The molecule has 156 valence electrons. The maximum Gasteiger partial charge on any atom is 0.231 e. The Morgan fingerprint density at radius 2 is 1.53 bits per heavy atom. The number of hydrogen-bond acceptors (Lipinski definition) is 4. The van der Waals surface area contributed by atoms with Gasteiger partial charge in [-0.1, -0.05) is 55.5 Å². The molecule has 2 aromatic carbocycles. The molecule has 2 aliphatic rings. The molecule has 0 radical (unpaired) electrons. The molecule has 0 aromatic heterocycles. The molecule has 0 saturated heterocycles. The van der Waals surface area contributed by atoms with Gasteiger partial charge in [0.05, 0.1) is 12.1 Å². The Labute approximate surface area is 176 Å². The number of amides is 2. The zero-order valence-corrected chi connectivity index (χ0v) is 17.0. The van der Waals surface area contributed by atoms with Crippen molar-refractivity contribution in [3.63, 3.8) is 0 Å². The van der Waals surface area contributed by atoms with Gasteiger partial charge in [-0.05, 0) is 36.1 Å². The molecule has 4 rings (SSSR count). The first-order valence-electron chi connectivity index (χ1n) is 10.3. The monoisotopic (exact) mass is 406 g/mol. The summed E-state index contributed by atoms with van der Waals surface area (Å²) < 4.78 is 10.9. The van der Waals surface area contributed by atoms with Gasteiger partial charge in [0.1, 0.15) is 0 Å². The number of carbonyl (C=O) groups excluding carboxylic acids is 2. The third-order valence-corrected chi connectivity index (χ3v) is 5.50. The maximum atomic E-state index is 12.8. The zero-order chi connectivity index (χ0) is 20.9. The Morgan fingerprint density at radius 1 is 0.833 bits per heavy atom. The van der Waals surface area contributed by atoms with E-state index in [-0.39, 0.29) is 37.1 Å². The summed E-state index contributed by atoms with van der Waals surface area (Å²) in [5.74, 6) is 0.706. The molecule has 6 heteroatoms. The molecular formula is C24H26N2O4. The second-order valence-electron chi connectivity index (χ2n) is 7.75. The van der Waals surface area contributed by atoms with Crippen LogP contribution in [0.25, 0.3) is 0 Å². The highest BCUT2D eigenvalue weighted by Gasteiger charge is 2.24. The first-order chi connectivity index (χ1) is 14.6. The van der Waals surface area contributed by atoms with Gasteiger partial charge in [0.25, 0.3) is 0 Å². The second kappa shape index (κ2) is 9.03. The van der Waals surface area contributed by atoms with E-state index in [1.807, 2.05) is 48.5 Å². The number of ether oxygens (including phenoxy) is 2. The van der Waals surface area contributed by atoms with Crippen LogP contribution in [0, 0.1) is 5.92 Å². The van der Waals surface area contributed by atoms with Crippen LogP contribution >= 0.6 is 0 Å². The fourth-order valence-corrected chi connectivity index (χ4v) is 3.77. The summed E-state index contributed by atoms with van der Waals surface area (Å²) >= 11 is 0. The van der Waals surface area contributed by atoms with Gasteiger partial charge in [0.2, 0.25) is 18.6 Å². The van der Waals surface area contributed by atoms with Crippen molar-refractivity contribution in [3.8, 4) is 11.5 Å². The maximum absolute atomic E-state index is 12.8. The molecule has 0 aliphatic carbocycles. The van der Waals surface area contributed by atoms with E-state index in [4.69, 9.17) is 9.47 Å². The van der Waals surface area contributed by atoms with Crippen molar-refractivity contribution in [2.24, 2.45) is 5.92 Å². The summed E-state index contributed by atoms with van der Waals surface area (Å²) in [7, 11) is 0. The zero-order valence-electron chi connectivity index (χ0n) is 17.0. The van der Waals surface area contributed by atoms with Gasteiger partial charge in [0, 0.05) is 12.3 Å². The highest BCUT2D eigenvalue weighted by Crippen LogP contribution is 2.35. The second-order valence-corrected chi connectivity index (χ2v) is 7.75. The number of fused-ring (bicyclic) bond motifs is 1. The van der Waals surface area contributed by atoms with E-state index in [0.717, 1.165) is 11.1 Å². The molecule has 2 aromatic rings. The summed E-state index contributed by atoms with van der Waals surface area (Å²) in [5.41, 5.74) is 2.00. The van der Waals surface area contributed by atoms with E-state index in [1.54, 1.807) is 6.92 Å². The molecule has 2 aliphatic heterocycles. The minimum atomic E-state index is -0.429. The Kier molecular flexibility index (Phi) is 6.02. The van der Waals surface area contributed by atoms with Gasteiger partial charge in [-0.15, -0.1) is 0 Å². The highest BCUT2D eigenvalue weighted by atomic mass is 16.7. The molecule has 2 amide bonds. The fraction of sp³-hybridized carbons (Fsp3) is 0.333. The number of rotatable bonds is 2. The predicted molar refractivity (Wildman–Crippen MR) is 113 cm³/mol. The lowest BCUT2D eigenvalue weighted by atomic mass is 9.97. The largest absolute Gasteiger partial charge is 0.454 e. The molecule has 30 heavy (non-hydrogen) atoms. The Bertz CT molecular complexity index is 941. The van der Waals surface area contributed by atoms with Gasteiger partial charge >= 0.3 is 0 Å². The van der Waals surface area contributed by atoms with E-state index >= 15 is 0 Å². The van der Waals surface area contributed by atoms with E-state index < -0.39 is 5.92 Å². The number of hydrogen-bond donors (Lipinski definition) is 2. The van der Waals surface area contributed by atoms with Crippen LogP contribution in [0.1, 0.15) is 49.4 Å². The van der Waals surface area contributed by atoms with Gasteiger partial charge < -0.3 is 20.1 Å². The van der Waals surface area contributed by atoms with E-state index in [1.165, 1.54) is 0 Å². The van der Waals surface area contributed by atoms with Crippen LogP contribution in [-0.2, 0) is 9.59 Å². The molecule has 0 saturated carbocycles. The van der Waals surface area contributed by atoms with Crippen LogP contribution in [0.3, 0.4) is 0 Å². The van der Waals surface area contributed by atoms with E-state index in [2.05, 4.69) is 22.8 Å². The molecule has 2 N–H and O–H groups in total. The van der Waals surface area contributed by atoms with Gasteiger partial charge in [0.15, 0.2) is 11.5 Å². The molecule has 0 unspecified atom stereocenters. The van der Waals surface area contributed by atoms with Crippen molar-refractivity contribution in [1.82, 2.24) is 10.6 Å². The number of benzene rings is 2. The lowest BCUT2D eigenvalue weighted by Crippen LogP contribution is -2.37. The summed E-state index contributed by atoms with van der Waals surface area (Å²) in [6, 6.07) is 15.3. The van der Waals surface area contributed by atoms with Crippen molar-refractivity contribution in [1.29, 1.82) is 0 Å². The van der Waals surface area contributed by atoms with Crippen LogP contribution < -0.4 is 20.1 Å². The molecule has 2 heterocycles. The number of carbonyl (C=O) groups is 2. The van der Waals surface area contributed by atoms with Crippen molar-refractivity contribution in [2.45, 2.75) is 38.3 Å². The number of nitrogens with one attached hydrogen (secondary N) is 2. The van der Waals surface area contributed by atoms with Crippen LogP contribution in [0.2, 0.25) is 0 Å². The SMILES string of the molecule is C[C@@H]1CC(=O)N[C@H](c2ccccc2)C/C=C\C[C@@H](c2ccc3c(c2)OCO3)NC1=O. The quantitative estimate of drug-likeness (QED) is 0.744. The molecule has 0 bridgehead atoms. The topological polar surface area (TPSA) is 76.7 Å². The molecule has 0 fully saturated rings. The lowest BCUT2D eigenvalue weighted by Gasteiger charge is -2.23. The standard InChI is InChI=1S/C24H26N2O4/c1-16-13-23(27)25-19(17-7-3-2-4-8-17)9-5-6-10-20(26-24(16)28)18-11-12-21-22(14-18)30-15-29-21/h2-8,11-12,14,16,19-20H,9-10,13,15H2,1H3,(H,25,27)(H,26,28)/b6-5-/t16-,19+,20+/m1/s1. The van der Waals surface area contributed by atoms with Crippen molar-refractivity contribution < 1.29 is 19.1 Å². The average Bonchev–Trinajstić information content (AvgIpc) is 3.22. The van der Waals surface area contributed by atoms with Crippen LogP contribution in [0.5, 0.6) is 11.5 Å². The van der Waals surface area contributed by atoms with E-state index in [0.29, 0.717) is 24.3 Å². The minimum absolute atomic E-state index is 0.117. The third-order valence-electron chi connectivity index (χ3n) is 5.50. The summed E-state index contributed by atoms with van der Waals surface area (Å²) in [6.45, 7) is 1.99. The molecule has 0 spiro atoms. The third kappa shape index (κ3) is 4.64. The fourth-order valence-electron chi connectivity index (χ4n) is 3.77. The first kappa shape index (κ1) is 20.0. The van der Waals surface area contributed by atoms with Crippen LogP contribution in [-0.4, -0.2) is 18.6 Å². The van der Waals surface area contributed by atoms with Crippen molar-refractivity contribution in [2.75, 3.05) is 6.79 Å². The van der Waals surface area contributed by atoms with Gasteiger partial charge in [-0.2, -0.15) is 0 Å². The van der Waals surface area contributed by atoms with E-state index in [9.17, 15) is 9.59 Å². The smallest absolute Gasteiger partial charge is 0.231 e. The Morgan fingerprint density at radius 3 is 2.30 bits per heavy atom. The van der Waals surface area contributed by atoms with Crippen molar-refractivity contribution in [3.05, 3.63) is 71.8 Å². The van der Waals surface area contributed by atoms with Gasteiger partial charge in [-0.3, -0.25) is 9.59 Å². The summed E-state index contributed by atoms with van der Waals surface area (Å²) in [4.78, 5) is 25.3. The predicted octanol–water partition coefficient (Wildman–Crippen LogP) is 3.81. The Hall–Kier alpha value is -3.28. The molecule has 6 nitrogen and oxygen atoms in total. The highest BCUT2D eigenvalue weighted by molar-refractivity contribution is 5.86. The summed E-state index contributed by atoms with van der Waals surface area (Å²) in [6.07, 6.45) is 5.60. The molecule has 3 atom stereocenters. The van der Waals surface area contributed by atoms with Crippen molar-refractivity contribution >= 4 is 11.8 Å². The Balaban J connectivity index is 1.58. The molecular weight excluding hydrogens is 380 g/mol. The van der Waals surface area contributed by atoms with Crippen LogP contribution in [0.15, 0.2) is 60.7 Å². The summed E-state index contributed by atoms with van der Waals surface area (Å²) in [5, 5.41) is 6.16. The normalized spacial score (nSPS) is 25.4. The minimum Gasteiger partial charge on any atom is -0.454 e.